The third kappa shape index (κ3) is 4.23. The SMILES string of the molecule is CC(=O)Nc1ccc(N2C[C@@]34C=C[C@@H](O3)[C@H](C(=O)Nc3ccc(OC(F)(F)F)cc3)[C@@H]4C2=O)cc1. The third-order valence-electron chi connectivity index (χ3n) is 6.26. The van der Waals surface area contributed by atoms with Gasteiger partial charge in [0, 0.05) is 24.0 Å². The fourth-order valence-electron chi connectivity index (χ4n) is 4.91. The molecule has 3 heterocycles. The van der Waals surface area contributed by atoms with Crippen molar-refractivity contribution in [3.63, 3.8) is 0 Å². The van der Waals surface area contributed by atoms with Crippen LogP contribution >= 0.6 is 0 Å². The van der Waals surface area contributed by atoms with Crippen LogP contribution in [0, 0.1) is 11.8 Å². The number of fused-ring (bicyclic) bond motifs is 1. The molecule has 0 aliphatic carbocycles. The molecule has 5 rings (SSSR count). The molecule has 8 nitrogen and oxygen atoms in total. The molecule has 2 aromatic carbocycles. The monoisotopic (exact) mass is 487 g/mol. The fraction of sp³-hybridized carbons (Fsp3) is 0.292. The van der Waals surface area contributed by atoms with Crippen LogP contribution in [0.3, 0.4) is 0 Å². The van der Waals surface area contributed by atoms with Gasteiger partial charge in [-0.2, -0.15) is 0 Å². The minimum absolute atomic E-state index is 0.213. The van der Waals surface area contributed by atoms with Crippen LogP contribution in [0.1, 0.15) is 6.92 Å². The average molecular weight is 487 g/mol. The van der Waals surface area contributed by atoms with Crippen LogP contribution in [0.15, 0.2) is 60.7 Å². The van der Waals surface area contributed by atoms with Gasteiger partial charge in [0.05, 0.1) is 24.5 Å². The fourth-order valence-corrected chi connectivity index (χ4v) is 4.91. The van der Waals surface area contributed by atoms with E-state index in [1.807, 2.05) is 6.08 Å². The minimum atomic E-state index is -4.81. The number of alkyl halides is 3. The molecule has 35 heavy (non-hydrogen) atoms. The Morgan fingerprint density at radius 2 is 1.69 bits per heavy atom. The minimum Gasteiger partial charge on any atom is -0.406 e. The van der Waals surface area contributed by atoms with Gasteiger partial charge in [0.25, 0.3) is 0 Å². The van der Waals surface area contributed by atoms with Gasteiger partial charge in [0.1, 0.15) is 11.4 Å². The van der Waals surface area contributed by atoms with E-state index in [0.29, 0.717) is 11.4 Å². The van der Waals surface area contributed by atoms with E-state index in [0.717, 1.165) is 12.1 Å². The zero-order valence-corrected chi connectivity index (χ0v) is 18.3. The van der Waals surface area contributed by atoms with Crippen molar-refractivity contribution in [2.75, 3.05) is 22.1 Å². The van der Waals surface area contributed by atoms with Gasteiger partial charge < -0.3 is 25.0 Å². The molecule has 4 atom stereocenters. The van der Waals surface area contributed by atoms with E-state index in [1.54, 1.807) is 35.2 Å². The maximum Gasteiger partial charge on any atom is 0.573 e. The highest BCUT2D eigenvalue weighted by Crippen LogP contribution is 2.52. The van der Waals surface area contributed by atoms with Crippen molar-refractivity contribution in [2.45, 2.75) is 25.0 Å². The second-order valence-electron chi connectivity index (χ2n) is 8.61. The van der Waals surface area contributed by atoms with E-state index in [4.69, 9.17) is 4.74 Å². The molecule has 3 aliphatic rings. The highest BCUT2D eigenvalue weighted by molar-refractivity contribution is 6.05. The summed E-state index contributed by atoms with van der Waals surface area (Å²) in [6, 6.07) is 11.5. The first-order valence-corrected chi connectivity index (χ1v) is 10.8. The molecule has 182 valence electrons. The Morgan fingerprint density at radius 3 is 2.31 bits per heavy atom. The van der Waals surface area contributed by atoms with Crippen LogP contribution in [-0.4, -0.2) is 42.3 Å². The van der Waals surface area contributed by atoms with Crippen LogP contribution in [0.5, 0.6) is 5.75 Å². The van der Waals surface area contributed by atoms with Gasteiger partial charge in [-0.15, -0.1) is 13.2 Å². The van der Waals surface area contributed by atoms with Gasteiger partial charge in [-0.3, -0.25) is 14.4 Å². The number of carbonyl (C=O) groups excluding carboxylic acids is 3. The molecule has 3 amide bonds. The Morgan fingerprint density at radius 1 is 1.06 bits per heavy atom. The number of anilines is 3. The summed E-state index contributed by atoms with van der Waals surface area (Å²) < 4.78 is 47.0. The van der Waals surface area contributed by atoms with Crippen molar-refractivity contribution < 1.29 is 37.0 Å². The number of amides is 3. The average Bonchev–Trinajstić information content (AvgIpc) is 3.42. The molecule has 2 N–H and O–H groups in total. The Labute approximate surface area is 197 Å². The molecule has 1 spiro atoms. The third-order valence-corrected chi connectivity index (χ3v) is 6.26. The number of nitrogens with zero attached hydrogens (tertiary/aromatic N) is 1. The number of halogens is 3. The van der Waals surface area contributed by atoms with E-state index in [1.165, 1.54) is 19.1 Å². The zero-order valence-electron chi connectivity index (χ0n) is 18.3. The molecule has 2 saturated heterocycles. The summed E-state index contributed by atoms with van der Waals surface area (Å²) in [5.74, 6) is -2.91. The summed E-state index contributed by atoms with van der Waals surface area (Å²) in [6.07, 6.45) is -1.82. The van der Waals surface area contributed by atoms with E-state index < -0.39 is 41.6 Å². The first-order chi connectivity index (χ1) is 16.5. The topological polar surface area (TPSA) is 97.0 Å². The first kappa shape index (κ1) is 22.9. The number of benzene rings is 2. The number of carbonyl (C=O) groups is 3. The second-order valence-corrected chi connectivity index (χ2v) is 8.61. The van der Waals surface area contributed by atoms with Crippen molar-refractivity contribution in [3.05, 3.63) is 60.7 Å². The van der Waals surface area contributed by atoms with Gasteiger partial charge in [0.15, 0.2) is 0 Å². The maximum absolute atomic E-state index is 13.4. The van der Waals surface area contributed by atoms with Gasteiger partial charge in [0.2, 0.25) is 17.7 Å². The van der Waals surface area contributed by atoms with E-state index >= 15 is 0 Å². The van der Waals surface area contributed by atoms with Crippen molar-refractivity contribution in [2.24, 2.45) is 11.8 Å². The van der Waals surface area contributed by atoms with E-state index in [-0.39, 0.29) is 24.0 Å². The Balaban J connectivity index is 1.32. The van der Waals surface area contributed by atoms with Gasteiger partial charge in [-0.1, -0.05) is 12.2 Å². The zero-order chi connectivity index (χ0) is 25.0. The quantitative estimate of drug-likeness (QED) is 0.630. The Bertz CT molecular complexity index is 1210. The second kappa shape index (κ2) is 8.12. The lowest BCUT2D eigenvalue weighted by molar-refractivity contribution is -0.274. The largest absolute Gasteiger partial charge is 0.573 e. The van der Waals surface area contributed by atoms with Crippen LogP contribution in [-0.2, 0) is 19.1 Å². The van der Waals surface area contributed by atoms with Gasteiger partial charge in [-0.05, 0) is 48.5 Å². The lowest BCUT2D eigenvalue weighted by Gasteiger charge is -2.23. The van der Waals surface area contributed by atoms with Gasteiger partial charge >= 0.3 is 6.36 Å². The Kier molecular flexibility index (Phi) is 5.32. The highest BCUT2D eigenvalue weighted by Gasteiger charge is 2.67. The maximum atomic E-state index is 13.4. The van der Waals surface area contributed by atoms with Crippen LogP contribution in [0.25, 0.3) is 0 Å². The van der Waals surface area contributed by atoms with E-state index in [2.05, 4.69) is 15.4 Å². The molecule has 0 saturated carbocycles. The molecular formula is C24H20F3N3O5. The van der Waals surface area contributed by atoms with Crippen LogP contribution < -0.4 is 20.3 Å². The molecular weight excluding hydrogens is 467 g/mol. The summed E-state index contributed by atoms with van der Waals surface area (Å²) in [4.78, 5) is 39.4. The molecule has 11 heteroatoms. The highest BCUT2D eigenvalue weighted by atomic mass is 19.4. The number of rotatable bonds is 5. The van der Waals surface area contributed by atoms with Crippen molar-refractivity contribution >= 4 is 34.8 Å². The molecule has 2 aromatic rings. The smallest absolute Gasteiger partial charge is 0.406 e. The molecule has 2 bridgehead atoms. The molecule has 0 radical (unpaired) electrons. The summed E-state index contributed by atoms with van der Waals surface area (Å²) in [6.45, 7) is 1.63. The Hall–Kier alpha value is -3.86. The van der Waals surface area contributed by atoms with Crippen molar-refractivity contribution in [1.82, 2.24) is 0 Å². The van der Waals surface area contributed by atoms with E-state index in [9.17, 15) is 27.6 Å². The van der Waals surface area contributed by atoms with Crippen LogP contribution in [0.4, 0.5) is 30.2 Å². The summed E-state index contributed by atoms with van der Waals surface area (Å²) in [7, 11) is 0. The summed E-state index contributed by atoms with van der Waals surface area (Å²) in [5, 5.41) is 5.33. The molecule has 3 aliphatic heterocycles. The van der Waals surface area contributed by atoms with Crippen molar-refractivity contribution in [3.8, 4) is 5.75 Å². The predicted octanol–water partition coefficient (Wildman–Crippen LogP) is 3.47. The molecule has 2 fully saturated rings. The summed E-state index contributed by atoms with van der Waals surface area (Å²) in [5.41, 5.74) is 0.519. The number of hydrogen-bond acceptors (Lipinski definition) is 5. The van der Waals surface area contributed by atoms with Crippen molar-refractivity contribution in [1.29, 1.82) is 0 Å². The van der Waals surface area contributed by atoms with Crippen LogP contribution in [0.2, 0.25) is 0 Å². The number of ether oxygens (including phenoxy) is 2. The molecule has 0 aromatic heterocycles. The first-order valence-electron chi connectivity index (χ1n) is 10.8. The number of hydrogen-bond donors (Lipinski definition) is 2. The lowest BCUT2D eigenvalue weighted by Crippen LogP contribution is -2.41. The standard InChI is InChI=1S/C24H20F3N3O5/c1-13(31)28-14-2-6-16(7-3-14)30-12-23-11-10-18(35-23)19(20(23)22(30)33)21(32)29-15-4-8-17(9-5-15)34-24(25,26)27/h2-11,18-20H,12H2,1H3,(H,28,31)(H,29,32)/t18-,19+,20-,23-/m1/s1. The predicted molar refractivity (Wildman–Crippen MR) is 119 cm³/mol. The normalized spacial score (nSPS) is 26.6. The molecule has 0 unspecified atom stereocenters. The van der Waals surface area contributed by atoms with Gasteiger partial charge in [-0.25, -0.2) is 0 Å². The number of nitrogens with one attached hydrogen (secondary N) is 2. The summed E-state index contributed by atoms with van der Waals surface area (Å²) >= 11 is 0. The lowest BCUT2D eigenvalue weighted by atomic mass is 9.77.